The molecule has 0 spiro atoms. The fourth-order valence-corrected chi connectivity index (χ4v) is 1.65. The SMILES string of the molecule is N=CN(N)N=Cc1nccn1Cc1ccc(Cl)cc1. The van der Waals surface area contributed by atoms with Crippen LogP contribution in [0.3, 0.4) is 0 Å². The molecular weight excluding hydrogens is 264 g/mol. The van der Waals surface area contributed by atoms with Gasteiger partial charge in [0.1, 0.15) is 6.34 Å². The van der Waals surface area contributed by atoms with Crippen LogP contribution in [-0.4, -0.2) is 27.2 Å². The number of hydrazine groups is 1. The highest BCUT2D eigenvalue weighted by Gasteiger charge is 2.01. The van der Waals surface area contributed by atoms with E-state index in [4.69, 9.17) is 22.9 Å². The Balaban J connectivity index is 2.13. The van der Waals surface area contributed by atoms with Gasteiger partial charge >= 0.3 is 0 Å². The molecule has 0 saturated heterocycles. The van der Waals surface area contributed by atoms with Crippen LogP contribution in [0.25, 0.3) is 0 Å². The number of nitrogens with one attached hydrogen (secondary N) is 1. The molecule has 0 aliphatic carbocycles. The fourth-order valence-electron chi connectivity index (χ4n) is 1.52. The van der Waals surface area contributed by atoms with Gasteiger partial charge in [0.15, 0.2) is 5.82 Å². The first-order valence-electron chi connectivity index (χ1n) is 5.53. The zero-order valence-corrected chi connectivity index (χ0v) is 10.8. The molecule has 0 radical (unpaired) electrons. The molecule has 0 aliphatic heterocycles. The van der Waals surface area contributed by atoms with Gasteiger partial charge in [-0.3, -0.25) is 5.41 Å². The van der Waals surface area contributed by atoms with Crippen LogP contribution >= 0.6 is 11.6 Å². The number of benzene rings is 1. The number of hydrogen-bond donors (Lipinski definition) is 2. The van der Waals surface area contributed by atoms with E-state index >= 15 is 0 Å². The molecule has 19 heavy (non-hydrogen) atoms. The van der Waals surface area contributed by atoms with Gasteiger partial charge in [-0.25, -0.2) is 10.8 Å². The second-order valence-electron chi connectivity index (χ2n) is 3.79. The van der Waals surface area contributed by atoms with Crippen molar-refractivity contribution in [2.75, 3.05) is 0 Å². The number of nitrogens with two attached hydrogens (primary N) is 1. The summed E-state index contributed by atoms with van der Waals surface area (Å²) in [6.07, 6.45) is 5.94. The van der Waals surface area contributed by atoms with Crippen LogP contribution in [-0.2, 0) is 6.54 Å². The largest absolute Gasteiger partial charge is 0.326 e. The standard InChI is InChI=1S/C12H13ClN6/c13-11-3-1-10(2-4-11)8-18-6-5-16-12(18)7-17-19(15)9-14/h1-7,9,14H,8,15H2. The van der Waals surface area contributed by atoms with E-state index in [1.54, 1.807) is 6.20 Å². The van der Waals surface area contributed by atoms with Crippen molar-refractivity contribution in [3.05, 3.63) is 53.1 Å². The molecule has 98 valence electrons. The number of nitrogens with zero attached hydrogens (tertiary/aromatic N) is 4. The lowest BCUT2D eigenvalue weighted by Gasteiger charge is -2.06. The zero-order valence-electron chi connectivity index (χ0n) is 10.1. The average Bonchev–Trinajstić information content (AvgIpc) is 2.86. The minimum atomic E-state index is 0.659. The van der Waals surface area contributed by atoms with Gasteiger partial charge in [0.25, 0.3) is 0 Å². The molecule has 1 aromatic carbocycles. The van der Waals surface area contributed by atoms with E-state index in [-0.39, 0.29) is 0 Å². The number of hydrazone groups is 1. The summed E-state index contributed by atoms with van der Waals surface area (Å²) < 4.78 is 1.92. The number of imidazole rings is 1. The van der Waals surface area contributed by atoms with Crippen LogP contribution in [0.1, 0.15) is 11.4 Å². The van der Waals surface area contributed by atoms with Crippen LogP contribution in [0.15, 0.2) is 41.8 Å². The lowest BCUT2D eigenvalue weighted by Crippen LogP contribution is -2.23. The van der Waals surface area contributed by atoms with Gasteiger partial charge in [-0.2, -0.15) is 10.2 Å². The minimum absolute atomic E-state index is 0.659. The number of hydrogen-bond acceptors (Lipinski definition) is 4. The Kier molecular flexibility index (Phi) is 4.27. The Labute approximate surface area is 115 Å². The lowest BCUT2D eigenvalue weighted by molar-refractivity contribution is 0.485. The Morgan fingerprint density at radius 3 is 2.84 bits per heavy atom. The highest BCUT2D eigenvalue weighted by molar-refractivity contribution is 6.30. The molecule has 0 fully saturated rings. The van der Waals surface area contributed by atoms with Crippen LogP contribution in [0.4, 0.5) is 0 Å². The molecule has 0 amide bonds. The van der Waals surface area contributed by atoms with E-state index in [1.165, 1.54) is 6.21 Å². The Bertz CT molecular complexity index is 574. The monoisotopic (exact) mass is 276 g/mol. The Hall–Kier alpha value is -2.18. The Morgan fingerprint density at radius 2 is 2.16 bits per heavy atom. The number of halogens is 1. The van der Waals surface area contributed by atoms with E-state index in [1.807, 2.05) is 35.0 Å². The molecule has 0 aliphatic rings. The predicted molar refractivity (Wildman–Crippen MR) is 75.2 cm³/mol. The molecular formula is C12H13ClN6. The summed E-state index contributed by atoms with van der Waals surface area (Å²) in [6, 6.07) is 7.60. The van der Waals surface area contributed by atoms with Crippen molar-refractivity contribution in [1.82, 2.24) is 14.7 Å². The average molecular weight is 277 g/mol. The first-order chi connectivity index (χ1) is 9.19. The first-order valence-corrected chi connectivity index (χ1v) is 5.91. The van der Waals surface area contributed by atoms with E-state index in [0.717, 1.165) is 17.0 Å². The van der Waals surface area contributed by atoms with Gasteiger partial charge in [-0.15, -0.1) is 0 Å². The summed E-state index contributed by atoms with van der Waals surface area (Å²) in [5, 5.41) is 12.4. The normalized spacial score (nSPS) is 10.8. The van der Waals surface area contributed by atoms with Crippen LogP contribution in [0, 0.1) is 5.41 Å². The second kappa shape index (κ2) is 6.12. The topological polar surface area (TPSA) is 83.3 Å². The van der Waals surface area contributed by atoms with Gasteiger partial charge in [0.05, 0.1) is 6.21 Å². The van der Waals surface area contributed by atoms with Crippen LogP contribution in [0.5, 0.6) is 0 Å². The molecule has 0 bridgehead atoms. The molecule has 0 atom stereocenters. The second-order valence-corrected chi connectivity index (χ2v) is 4.23. The van der Waals surface area contributed by atoms with Crippen molar-refractivity contribution in [2.24, 2.45) is 10.9 Å². The number of rotatable bonds is 5. The molecule has 0 unspecified atom stereocenters. The van der Waals surface area contributed by atoms with Crippen molar-refractivity contribution in [1.29, 1.82) is 5.41 Å². The molecule has 0 saturated carbocycles. The minimum Gasteiger partial charge on any atom is -0.326 e. The fraction of sp³-hybridized carbons (Fsp3) is 0.0833. The van der Waals surface area contributed by atoms with Gasteiger partial charge in [0, 0.05) is 24.0 Å². The van der Waals surface area contributed by atoms with Crippen molar-refractivity contribution >= 4 is 24.2 Å². The van der Waals surface area contributed by atoms with E-state index in [9.17, 15) is 0 Å². The van der Waals surface area contributed by atoms with Crippen LogP contribution < -0.4 is 5.84 Å². The summed E-state index contributed by atoms with van der Waals surface area (Å²) in [5.41, 5.74) is 1.11. The quantitative estimate of drug-likeness (QED) is 0.377. The predicted octanol–water partition coefficient (Wildman–Crippen LogP) is 1.70. The molecule has 3 N–H and O–H groups in total. The Morgan fingerprint density at radius 1 is 1.42 bits per heavy atom. The summed E-state index contributed by atoms with van der Waals surface area (Å²) in [7, 11) is 0. The van der Waals surface area contributed by atoms with E-state index in [0.29, 0.717) is 17.4 Å². The highest BCUT2D eigenvalue weighted by atomic mass is 35.5. The molecule has 2 rings (SSSR count). The van der Waals surface area contributed by atoms with Gasteiger partial charge in [-0.1, -0.05) is 23.7 Å². The van der Waals surface area contributed by atoms with E-state index in [2.05, 4.69) is 10.1 Å². The molecule has 1 heterocycles. The van der Waals surface area contributed by atoms with Crippen molar-refractivity contribution in [2.45, 2.75) is 6.54 Å². The third kappa shape index (κ3) is 3.64. The summed E-state index contributed by atoms with van der Waals surface area (Å²) in [6.45, 7) is 0.660. The van der Waals surface area contributed by atoms with Crippen molar-refractivity contribution in [3.63, 3.8) is 0 Å². The lowest BCUT2D eigenvalue weighted by atomic mass is 10.2. The smallest absolute Gasteiger partial charge is 0.153 e. The highest BCUT2D eigenvalue weighted by Crippen LogP contribution is 2.11. The van der Waals surface area contributed by atoms with Crippen molar-refractivity contribution < 1.29 is 0 Å². The summed E-state index contributed by atoms with van der Waals surface area (Å²) in [4.78, 5) is 4.17. The van der Waals surface area contributed by atoms with E-state index < -0.39 is 0 Å². The third-order valence-electron chi connectivity index (χ3n) is 2.45. The molecule has 7 heteroatoms. The van der Waals surface area contributed by atoms with Crippen molar-refractivity contribution in [3.8, 4) is 0 Å². The molecule has 6 nitrogen and oxygen atoms in total. The van der Waals surface area contributed by atoms with Crippen LogP contribution in [0.2, 0.25) is 5.02 Å². The maximum absolute atomic E-state index is 6.91. The number of aromatic nitrogens is 2. The molecule has 2 aromatic rings. The summed E-state index contributed by atoms with van der Waals surface area (Å²) in [5.74, 6) is 6.01. The third-order valence-corrected chi connectivity index (χ3v) is 2.70. The zero-order chi connectivity index (χ0) is 13.7. The van der Waals surface area contributed by atoms with Gasteiger partial charge in [0.2, 0.25) is 0 Å². The van der Waals surface area contributed by atoms with Gasteiger partial charge in [-0.05, 0) is 17.7 Å². The summed E-state index contributed by atoms with van der Waals surface area (Å²) >= 11 is 5.84. The maximum Gasteiger partial charge on any atom is 0.153 e. The first kappa shape index (κ1) is 13.3. The molecule has 1 aromatic heterocycles. The van der Waals surface area contributed by atoms with Gasteiger partial charge < -0.3 is 4.57 Å². The maximum atomic E-state index is 6.91.